The number of nitrogens with zero attached hydrogens (tertiary/aromatic N) is 1. The maximum Gasteiger partial charge on any atom is 0.254 e. The highest BCUT2D eigenvalue weighted by Gasteiger charge is 2.10. The fraction of sp³-hybridized carbons (Fsp3) is 0.870. The van der Waals surface area contributed by atoms with Gasteiger partial charge in [-0.3, -0.25) is 0 Å². The first-order valence-corrected chi connectivity index (χ1v) is 11.3. The number of nitrogens with one attached hydrogen (secondary N) is 1. The van der Waals surface area contributed by atoms with Gasteiger partial charge in [-0.1, -0.05) is 91.4 Å². The number of hydrogen-bond donors (Lipinski definition) is 1. The molecule has 1 N–H and O–H groups in total. The van der Waals surface area contributed by atoms with Crippen LogP contribution < -0.4 is 4.57 Å². The van der Waals surface area contributed by atoms with Gasteiger partial charge in [0.15, 0.2) is 0 Å². The van der Waals surface area contributed by atoms with Gasteiger partial charge in [0, 0.05) is 6.42 Å². The van der Waals surface area contributed by atoms with Crippen LogP contribution in [0.2, 0.25) is 0 Å². The molecule has 2 nitrogen and oxygen atoms in total. The topological polar surface area (TPSA) is 19.7 Å². The van der Waals surface area contributed by atoms with E-state index in [-0.39, 0.29) is 0 Å². The molecule has 0 saturated heterocycles. The van der Waals surface area contributed by atoms with Gasteiger partial charge in [-0.15, -0.1) is 0 Å². The average Bonchev–Trinajstić information content (AvgIpc) is 3.04. The van der Waals surface area contributed by atoms with E-state index in [4.69, 9.17) is 0 Å². The van der Waals surface area contributed by atoms with E-state index in [0.717, 1.165) is 5.92 Å². The Labute approximate surface area is 157 Å². The van der Waals surface area contributed by atoms with E-state index in [1.165, 1.54) is 109 Å². The summed E-state index contributed by atoms with van der Waals surface area (Å²) in [5.74, 6) is 2.20. The van der Waals surface area contributed by atoms with E-state index in [9.17, 15) is 0 Å². The zero-order valence-corrected chi connectivity index (χ0v) is 17.5. The lowest BCUT2D eigenvalue weighted by Gasteiger charge is -2.04. The van der Waals surface area contributed by atoms with Crippen LogP contribution in [0, 0.1) is 5.92 Å². The summed E-state index contributed by atoms with van der Waals surface area (Å²) in [6.45, 7) is 8.09. The predicted octanol–water partition coefficient (Wildman–Crippen LogP) is 6.98. The first kappa shape index (κ1) is 22.3. The Kier molecular flexibility index (Phi) is 13.8. The molecule has 1 heterocycles. The number of aromatic nitrogens is 2. The normalized spacial score (nSPS) is 11.5. The van der Waals surface area contributed by atoms with Gasteiger partial charge >= 0.3 is 0 Å². The molecule has 0 aromatic carbocycles. The minimum atomic E-state index is 0.785. The van der Waals surface area contributed by atoms with Crippen LogP contribution in [0.5, 0.6) is 0 Å². The molecule has 25 heavy (non-hydrogen) atoms. The number of imidazole rings is 1. The van der Waals surface area contributed by atoms with Crippen molar-refractivity contribution in [3.63, 3.8) is 0 Å². The number of hydrogen-bond acceptors (Lipinski definition) is 0. The molecule has 0 bridgehead atoms. The summed E-state index contributed by atoms with van der Waals surface area (Å²) in [7, 11) is 0. The summed E-state index contributed by atoms with van der Waals surface area (Å²) in [5.41, 5.74) is 0. The molecule has 146 valence electrons. The molecule has 0 unspecified atom stereocenters. The minimum Gasteiger partial charge on any atom is -0.248 e. The lowest BCUT2D eigenvalue weighted by molar-refractivity contribution is -0.703. The summed E-state index contributed by atoms with van der Waals surface area (Å²) in [6.07, 6.45) is 25.4. The molecule has 0 spiro atoms. The number of unbranched alkanes of at least 4 members (excludes halogenated alkanes) is 12. The summed E-state index contributed by atoms with van der Waals surface area (Å²) < 4.78 is 2.43. The van der Waals surface area contributed by atoms with Crippen molar-refractivity contribution in [2.75, 3.05) is 0 Å². The highest BCUT2D eigenvalue weighted by molar-refractivity contribution is 4.77. The molecule has 0 aliphatic rings. The fourth-order valence-electron chi connectivity index (χ4n) is 3.55. The lowest BCUT2D eigenvalue weighted by atomic mass is 10.0. The van der Waals surface area contributed by atoms with Gasteiger partial charge in [-0.25, -0.2) is 9.55 Å². The second kappa shape index (κ2) is 15.5. The Bertz CT molecular complexity index is 395. The molecular weight excluding hydrogens is 304 g/mol. The summed E-state index contributed by atoms with van der Waals surface area (Å²) in [6, 6.07) is 0. The predicted molar refractivity (Wildman–Crippen MR) is 110 cm³/mol. The monoisotopic (exact) mass is 349 g/mol. The standard InChI is InChI=1S/C23H44N2/c1-4-5-6-7-8-9-10-11-12-13-14-15-16-20-25-21-19-24-23(25)18-17-22(2)3/h19,21-22H,4-18,20H2,1-3H3/p+1. The molecular formula is C23H45N2+. The second-order valence-corrected chi connectivity index (χ2v) is 8.28. The van der Waals surface area contributed by atoms with Crippen LogP contribution in [0.1, 0.15) is 116 Å². The molecule has 0 aliphatic carbocycles. The zero-order valence-electron chi connectivity index (χ0n) is 17.5. The molecule has 1 aromatic rings. The van der Waals surface area contributed by atoms with Crippen molar-refractivity contribution < 1.29 is 4.57 Å². The third kappa shape index (κ3) is 12.2. The Hall–Kier alpha value is -0.790. The Morgan fingerprint density at radius 2 is 1.32 bits per heavy atom. The van der Waals surface area contributed by atoms with Gasteiger partial charge in [0.2, 0.25) is 0 Å². The summed E-state index contributed by atoms with van der Waals surface area (Å²) >= 11 is 0. The van der Waals surface area contributed by atoms with Crippen LogP contribution >= 0.6 is 0 Å². The van der Waals surface area contributed by atoms with Gasteiger partial charge in [0.25, 0.3) is 5.82 Å². The smallest absolute Gasteiger partial charge is 0.248 e. The van der Waals surface area contributed by atoms with Crippen LogP contribution in [-0.4, -0.2) is 4.98 Å². The molecule has 0 aliphatic heterocycles. The lowest BCUT2D eigenvalue weighted by Crippen LogP contribution is -2.36. The first-order valence-electron chi connectivity index (χ1n) is 11.3. The van der Waals surface area contributed by atoms with Crippen LogP contribution in [0.4, 0.5) is 0 Å². The van der Waals surface area contributed by atoms with Crippen molar-refractivity contribution >= 4 is 0 Å². The van der Waals surface area contributed by atoms with Crippen molar-refractivity contribution in [1.29, 1.82) is 0 Å². The van der Waals surface area contributed by atoms with Crippen molar-refractivity contribution in [2.24, 2.45) is 5.92 Å². The maximum atomic E-state index is 3.42. The molecule has 1 aromatic heterocycles. The van der Waals surface area contributed by atoms with Crippen LogP contribution in [0.3, 0.4) is 0 Å². The van der Waals surface area contributed by atoms with Crippen molar-refractivity contribution in [3.05, 3.63) is 18.2 Å². The van der Waals surface area contributed by atoms with Gasteiger partial charge in [0.05, 0.1) is 6.54 Å². The van der Waals surface area contributed by atoms with Crippen molar-refractivity contribution in [2.45, 2.75) is 124 Å². The summed E-state index contributed by atoms with van der Waals surface area (Å²) in [5, 5.41) is 0. The fourth-order valence-corrected chi connectivity index (χ4v) is 3.55. The van der Waals surface area contributed by atoms with Gasteiger partial charge in [-0.05, 0) is 25.2 Å². The van der Waals surface area contributed by atoms with E-state index in [1.807, 2.05) is 0 Å². The second-order valence-electron chi connectivity index (χ2n) is 8.28. The number of rotatable bonds is 17. The highest BCUT2D eigenvalue weighted by atomic mass is 15.1. The van der Waals surface area contributed by atoms with Gasteiger partial charge < -0.3 is 0 Å². The molecule has 0 atom stereocenters. The zero-order chi connectivity index (χ0) is 18.2. The SMILES string of the molecule is CCCCCCCCCCCCCCC[n+]1cc[nH]c1CCC(C)C. The molecule has 2 heteroatoms. The molecule has 1 rings (SSSR count). The van der Waals surface area contributed by atoms with Crippen LogP contribution in [0.15, 0.2) is 12.4 Å². The van der Waals surface area contributed by atoms with Crippen LogP contribution in [0.25, 0.3) is 0 Å². The Morgan fingerprint density at radius 1 is 0.800 bits per heavy atom. The van der Waals surface area contributed by atoms with E-state index >= 15 is 0 Å². The number of aromatic amines is 1. The Morgan fingerprint density at radius 3 is 1.84 bits per heavy atom. The van der Waals surface area contributed by atoms with Crippen LogP contribution in [-0.2, 0) is 13.0 Å². The molecule has 0 radical (unpaired) electrons. The molecule has 0 saturated carbocycles. The number of H-pyrrole nitrogens is 1. The van der Waals surface area contributed by atoms with Crippen molar-refractivity contribution in [1.82, 2.24) is 4.98 Å². The van der Waals surface area contributed by atoms with Crippen molar-refractivity contribution in [3.8, 4) is 0 Å². The quantitative estimate of drug-likeness (QED) is 0.231. The van der Waals surface area contributed by atoms with Gasteiger partial charge in [0.1, 0.15) is 12.4 Å². The largest absolute Gasteiger partial charge is 0.254 e. The Balaban J connectivity index is 1.90. The maximum absolute atomic E-state index is 3.42. The number of aryl methyl sites for hydroxylation is 2. The van der Waals surface area contributed by atoms with Gasteiger partial charge in [-0.2, -0.15) is 0 Å². The third-order valence-electron chi connectivity index (χ3n) is 5.31. The van der Waals surface area contributed by atoms with E-state index < -0.39 is 0 Å². The molecule has 0 fully saturated rings. The average molecular weight is 350 g/mol. The summed E-state index contributed by atoms with van der Waals surface area (Å²) in [4.78, 5) is 3.42. The van der Waals surface area contributed by atoms with E-state index in [1.54, 1.807) is 0 Å². The minimum absolute atomic E-state index is 0.785. The van der Waals surface area contributed by atoms with E-state index in [0.29, 0.717) is 0 Å². The highest BCUT2D eigenvalue weighted by Crippen LogP contribution is 2.12. The first-order chi connectivity index (χ1) is 12.2. The third-order valence-corrected chi connectivity index (χ3v) is 5.31. The van der Waals surface area contributed by atoms with E-state index in [2.05, 4.69) is 42.7 Å². The molecule has 0 amide bonds.